The van der Waals surface area contributed by atoms with Gasteiger partial charge in [-0.1, -0.05) is 12.1 Å². The summed E-state index contributed by atoms with van der Waals surface area (Å²) in [5.41, 5.74) is 0.596. The van der Waals surface area contributed by atoms with Gasteiger partial charge in [-0.15, -0.1) is 0 Å². The number of nitriles is 1. The van der Waals surface area contributed by atoms with Crippen molar-refractivity contribution in [3.05, 3.63) is 35.4 Å². The number of benzene rings is 1. The van der Waals surface area contributed by atoms with Gasteiger partial charge in [0, 0.05) is 13.0 Å². The fraction of sp³-hybridized carbons (Fsp3) is 0.308. The molecule has 0 unspecified atom stereocenters. The molecule has 2 rings (SSSR count). The van der Waals surface area contributed by atoms with Crippen molar-refractivity contribution in [3.63, 3.8) is 0 Å². The van der Waals surface area contributed by atoms with Crippen LogP contribution in [-0.4, -0.2) is 43.2 Å². The number of imide groups is 1. The van der Waals surface area contributed by atoms with Crippen LogP contribution in [0.15, 0.2) is 24.3 Å². The third-order valence-corrected chi connectivity index (χ3v) is 4.66. The van der Waals surface area contributed by atoms with E-state index in [4.69, 9.17) is 5.26 Å². The minimum atomic E-state index is -3.43. The third kappa shape index (κ3) is 2.70. The minimum Gasteiger partial charge on any atom is -0.273 e. The predicted molar refractivity (Wildman–Crippen MR) is 70.7 cm³/mol. The maximum atomic E-state index is 12.0. The van der Waals surface area contributed by atoms with Crippen LogP contribution in [0.5, 0.6) is 0 Å². The van der Waals surface area contributed by atoms with Gasteiger partial charge in [-0.25, -0.2) is 8.42 Å². The van der Waals surface area contributed by atoms with Crippen LogP contribution in [0.1, 0.15) is 27.1 Å². The van der Waals surface area contributed by atoms with Gasteiger partial charge in [0.25, 0.3) is 11.8 Å². The number of hydrogen-bond acceptors (Lipinski definition) is 5. The average molecular weight is 292 g/mol. The molecule has 1 aliphatic heterocycles. The van der Waals surface area contributed by atoms with E-state index < -0.39 is 21.7 Å². The number of fused-ring (bicyclic) bond motifs is 1. The molecule has 2 amide bonds. The molecule has 0 bridgehead atoms. The van der Waals surface area contributed by atoms with Crippen molar-refractivity contribution in [2.75, 3.05) is 18.1 Å². The van der Waals surface area contributed by atoms with Gasteiger partial charge in [-0.05, 0) is 12.1 Å². The Hall–Kier alpha value is -2.20. The van der Waals surface area contributed by atoms with Crippen molar-refractivity contribution in [2.24, 2.45) is 0 Å². The van der Waals surface area contributed by atoms with E-state index in [2.05, 4.69) is 0 Å². The molecule has 1 aliphatic rings. The zero-order valence-corrected chi connectivity index (χ0v) is 11.4. The number of carbonyl (C=O) groups is 2. The Morgan fingerprint density at radius 2 is 1.60 bits per heavy atom. The molecule has 0 spiro atoms. The molecule has 7 heteroatoms. The van der Waals surface area contributed by atoms with Gasteiger partial charge in [0.1, 0.15) is 0 Å². The maximum absolute atomic E-state index is 12.0. The van der Waals surface area contributed by atoms with Crippen LogP contribution in [-0.2, 0) is 9.84 Å². The van der Waals surface area contributed by atoms with E-state index in [1.54, 1.807) is 30.3 Å². The van der Waals surface area contributed by atoms with Crippen LogP contribution in [0.3, 0.4) is 0 Å². The summed E-state index contributed by atoms with van der Waals surface area (Å²) in [7, 11) is -3.43. The molecule has 0 fully saturated rings. The summed E-state index contributed by atoms with van der Waals surface area (Å²) in [6.07, 6.45) is -0.0928. The van der Waals surface area contributed by atoms with Gasteiger partial charge < -0.3 is 0 Å². The zero-order valence-electron chi connectivity index (χ0n) is 10.6. The van der Waals surface area contributed by atoms with Crippen molar-refractivity contribution in [3.8, 4) is 6.07 Å². The highest BCUT2D eigenvalue weighted by molar-refractivity contribution is 7.91. The van der Waals surface area contributed by atoms with Crippen LogP contribution in [0.4, 0.5) is 0 Å². The van der Waals surface area contributed by atoms with Crippen molar-refractivity contribution in [2.45, 2.75) is 6.42 Å². The lowest BCUT2D eigenvalue weighted by atomic mass is 10.1. The first-order valence-electron chi connectivity index (χ1n) is 5.99. The van der Waals surface area contributed by atoms with Crippen LogP contribution in [0.25, 0.3) is 0 Å². The van der Waals surface area contributed by atoms with E-state index in [0.29, 0.717) is 11.1 Å². The molecule has 0 saturated heterocycles. The van der Waals surface area contributed by atoms with E-state index >= 15 is 0 Å². The number of rotatable bonds is 5. The normalized spacial score (nSPS) is 14.2. The van der Waals surface area contributed by atoms with Gasteiger partial charge in [0.05, 0.1) is 28.7 Å². The topological polar surface area (TPSA) is 95.3 Å². The molecule has 20 heavy (non-hydrogen) atoms. The standard InChI is InChI=1S/C13H12N2O4S/c14-6-3-8-20(18,19)9-7-15-12(16)10-4-1-2-5-11(10)13(15)17/h1-2,4-5H,3,7-9H2. The van der Waals surface area contributed by atoms with Crippen molar-refractivity contribution >= 4 is 21.7 Å². The van der Waals surface area contributed by atoms with Crippen LogP contribution >= 0.6 is 0 Å². The first-order chi connectivity index (χ1) is 9.46. The lowest BCUT2D eigenvalue weighted by molar-refractivity contribution is 0.0664. The Labute approximate surface area is 116 Å². The largest absolute Gasteiger partial charge is 0.273 e. The number of carbonyl (C=O) groups excluding carboxylic acids is 2. The summed E-state index contributed by atoms with van der Waals surface area (Å²) in [5.74, 6) is -1.52. The first-order valence-corrected chi connectivity index (χ1v) is 7.81. The highest BCUT2D eigenvalue weighted by Crippen LogP contribution is 2.22. The smallest absolute Gasteiger partial charge is 0.261 e. The number of nitrogens with zero attached hydrogens (tertiary/aromatic N) is 2. The van der Waals surface area contributed by atoms with Crippen LogP contribution in [0.2, 0.25) is 0 Å². The second-order valence-electron chi connectivity index (χ2n) is 4.37. The van der Waals surface area contributed by atoms with Crippen LogP contribution in [0, 0.1) is 11.3 Å². The van der Waals surface area contributed by atoms with Gasteiger partial charge >= 0.3 is 0 Å². The highest BCUT2D eigenvalue weighted by Gasteiger charge is 2.35. The number of sulfone groups is 1. The Bertz CT molecular complexity index is 668. The monoisotopic (exact) mass is 292 g/mol. The molecule has 0 radical (unpaired) electrons. The van der Waals surface area contributed by atoms with Gasteiger partial charge in [0.2, 0.25) is 0 Å². The highest BCUT2D eigenvalue weighted by atomic mass is 32.2. The Kier molecular flexibility index (Phi) is 3.86. The summed E-state index contributed by atoms with van der Waals surface area (Å²) in [6, 6.07) is 8.14. The van der Waals surface area contributed by atoms with Crippen molar-refractivity contribution < 1.29 is 18.0 Å². The molecule has 1 aromatic rings. The zero-order chi connectivity index (χ0) is 14.8. The first kappa shape index (κ1) is 14.2. The SMILES string of the molecule is N#CCCS(=O)(=O)CCN1C(=O)c2ccccc2C1=O. The summed E-state index contributed by atoms with van der Waals surface area (Å²) in [4.78, 5) is 24.9. The molecule has 1 aromatic carbocycles. The molecule has 0 saturated carbocycles. The summed E-state index contributed by atoms with van der Waals surface area (Å²) < 4.78 is 23.3. The fourth-order valence-electron chi connectivity index (χ4n) is 1.98. The van der Waals surface area contributed by atoms with Gasteiger partial charge in [-0.2, -0.15) is 5.26 Å². The molecular weight excluding hydrogens is 280 g/mol. The average Bonchev–Trinajstić information content (AvgIpc) is 2.67. The molecule has 6 nitrogen and oxygen atoms in total. The Morgan fingerprint density at radius 3 is 2.10 bits per heavy atom. The lowest BCUT2D eigenvalue weighted by Gasteiger charge is -2.13. The molecule has 0 aromatic heterocycles. The second-order valence-corrected chi connectivity index (χ2v) is 6.67. The number of amides is 2. The summed E-state index contributed by atoms with van der Waals surface area (Å²) in [6.45, 7) is -0.180. The van der Waals surface area contributed by atoms with Crippen molar-refractivity contribution in [1.82, 2.24) is 4.90 Å². The van der Waals surface area contributed by atoms with Gasteiger partial charge in [-0.3, -0.25) is 14.5 Å². The molecule has 1 heterocycles. The molecule has 0 aliphatic carbocycles. The predicted octanol–water partition coefficient (Wildman–Crippen LogP) is 0.611. The van der Waals surface area contributed by atoms with Gasteiger partial charge in [0.15, 0.2) is 9.84 Å². The molecule has 0 atom stereocenters. The third-order valence-electron chi connectivity index (χ3n) is 3.03. The summed E-state index contributed by atoms with van der Waals surface area (Å²) >= 11 is 0. The lowest BCUT2D eigenvalue weighted by Crippen LogP contribution is -2.34. The van der Waals surface area contributed by atoms with E-state index in [1.165, 1.54) is 0 Å². The second kappa shape index (κ2) is 5.43. The van der Waals surface area contributed by atoms with E-state index in [0.717, 1.165) is 4.90 Å². The van der Waals surface area contributed by atoms with E-state index in [9.17, 15) is 18.0 Å². The quantitative estimate of drug-likeness (QED) is 0.741. The Morgan fingerprint density at radius 1 is 1.05 bits per heavy atom. The molecule has 0 N–H and O–H groups in total. The van der Waals surface area contributed by atoms with Crippen molar-refractivity contribution in [1.29, 1.82) is 5.26 Å². The molecular formula is C13H12N2O4S. The molecule has 104 valence electrons. The van der Waals surface area contributed by atoms with E-state index in [1.807, 2.05) is 0 Å². The Balaban J connectivity index is 2.09. The van der Waals surface area contributed by atoms with Crippen LogP contribution < -0.4 is 0 Å². The van der Waals surface area contributed by atoms with E-state index in [-0.39, 0.29) is 24.5 Å². The fourth-order valence-corrected chi connectivity index (χ4v) is 3.04. The minimum absolute atomic E-state index is 0.0928. The summed E-state index contributed by atoms with van der Waals surface area (Å²) in [5, 5.41) is 8.38. The number of hydrogen-bond donors (Lipinski definition) is 0. The maximum Gasteiger partial charge on any atom is 0.261 e.